The van der Waals surface area contributed by atoms with Gasteiger partial charge in [0.05, 0.1) is 15.8 Å². The number of hydrogen-bond donors (Lipinski definition) is 1. The molecule has 88 valence electrons. The molecule has 0 unspecified atom stereocenters. The van der Waals surface area contributed by atoms with Crippen molar-refractivity contribution in [3.8, 4) is 12.3 Å². The van der Waals surface area contributed by atoms with Crippen LogP contribution in [0.3, 0.4) is 0 Å². The first kappa shape index (κ1) is 15.0. The van der Waals surface area contributed by atoms with Crippen molar-refractivity contribution < 1.29 is 4.79 Å². The summed E-state index contributed by atoms with van der Waals surface area (Å²) in [5.41, 5.74) is 0. The molecule has 1 aromatic rings. The van der Waals surface area contributed by atoms with E-state index >= 15 is 0 Å². The monoisotopic (exact) mass is 257 g/mol. The van der Waals surface area contributed by atoms with Crippen molar-refractivity contribution in [1.29, 1.82) is 0 Å². The molecule has 0 aliphatic heterocycles. The molecule has 0 fully saturated rings. The number of hydrogen-bond acceptors (Lipinski definition) is 2. The van der Waals surface area contributed by atoms with Crippen LogP contribution in [0.25, 0.3) is 0 Å². The summed E-state index contributed by atoms with van der Waals surface area (Å²) < 4.78 is 0.598. The van der Waals surface area contributed by atoms with E-state index in [0.29, 0.717) is 9.21 Å². The van der Waals surface area contributed by atoms with Crippen molar-refractivity contribution in [3.05, 3.63) is 21.3 Å². The Morgan fingerprint density at radius 1 is 1.56 bits per heavy atom. The Morgan fingerprint density at radius 2 is 2.12 bits per heavy atom. The molecule has 0 aromatic carbocycles. The zero-order valence-electron chi connectivity index (χ0n) is 9.71. The number of thiophene rings is 1. The van der Waals surface area contributed by atoms with E-state index in [1.165, 1.54) is 11.3 Å². The molecule has 1 amide bonds. The molecule has 0 saturated heterocycles. The topological polar surface area (TPSA) is 29.1 Å². The van der Waals surface area contributed by atoms with Crippen LogP contribution in [0.2, 0.25) is 4.34 Å². The summed E-state index contributed by atoms with van der Waals surface area (Å²) in [5.74, 6) is 2.97. The lowest BCUT2D eigenvalue weighted by molar-refractivity contribution is 0.0963. The molecule has 0 aliphatic rings. The Balaban J connectivity index is 0.000000487. The fraction of sp³-hybridized carbons (Fsp3) is 0.417. The van der Waals surface area contributed by atoms with Crippen molar-refractivity contribution in [2.24, 2.45) is 5.92 Å². The zero-order valence-corrected chi connectivity index (χ0v) is 11.3. The zero-order chi connectivity index (χ0) is 12.6. The lowest BCUT2D eigenvalue weighted by atomic mass is 10.3. The van der Waals surface area contributed by atoms with Crippen molar-refractivity contribution in [2.75, 3.05) is 6.54 Å². The van der Waals surface area contributed by atoms with Gasteiger partial charge in [-0.1, -0.05) is 38.3 Å². The summed E-state index contributed by atoms with van der Waals surface area (Å²) in [6, 6.07) is 3.34. The average molecular weight is 258 g/mol. The molecule has 4 heteroatoms. The molecule has 0 spiro atoms. The Morgan fingerprint density at radius 3 is 2.50 bits per heavy atom. The van der Waals surface area contributed by atoms with E-state index in [0.717, 1.165) is 5.92 Å². The lowest BCUT2D eigenvalue weighted by Crippen LogP contribution is -2.22. The molecular weight excluding hydrogens is 242 g/mol. The fourth-order valence-electron chi connectivity index (χ4n) is 0.655. The quantitative estimate of drug-likeness (QED) is 0.808. The van der Waals surface area contributed by atoms with Crippen LogP contribution < -0.4 is 5.32 Å². The van der Waals surface area contributed by atoms with E-state index in [4.69, 9.17) is 18.0 Å². The molecule has 0 radical (unpaired) electrons. The second-order valence-corrected chi connectivity index (χ2v) is 5.44. The smallest absolute Gasteiger partial charge is 0.262 e. The Hall–Kier alpha value is -0.980. The predicted octanol–water partition coefficient (Wildman–Crippen LogP) is 3.43. The molecule has 2 nitrogen and oxygen atoms in total. The Bertz CT molecular complexity index is 363. The molecular formula is C12H16ClNOS. The Labute approximate surface area is 106 Å². The number of halogens is 1. The van der Waals surface area contributed by atoms with Gasteiger partial charge in [-0.25, -0.2) is 0 Å². The van der Waals surface area contributed by atoms with Gasteiger partial charge in [-0.2, -0.15) is 0 Å². The summed E-state index contributed by atoms with van der Waals surface area (Å²) in [7, 11) is 0. The number of carbonyl (C=O) groups excluding carboxylic acids is 1. The van der Waals surface area contributed by atoms with Crippen LogP contribution in [0.4, 0.5) is 0 Å². The number of carbonyl (C=O) groups is 1. The summed E-state index contributed by atoms with van der Waals surface area (Å²) in [4.78, 5) is 11.7. The van der Waals surface area contributed by atoms with E-state index in [2.05, 4.69) is 32.0 Å². The minimum absolute atomic E-state index is 0.176. The van der Waals surface area contributed by atoms with E-state index < -0.39 is 0 Å². The largest absolute Gasteiger partial charge is 0.340 e. The van der Waals surface area contributed by atoms with Gasteiger partial charge in [-0.3, -0.25) is 4.79 Å². The third kappa shape index (κ3) is 7.33. The van der Waals surface area contributed by atoms with Crippen LogP contribution in [0.5, 0.6) is 0 Å². The normalized spacial score (nSPS) is 9.00. The standard InChI is InChI=1S/C8H6ClNOS.C4H10/c1-2-5-10-8(11)6-3-4-7(9)12-6;1-4(2)3/h1,3-4H,5H2,(H,10,11);4H,1-3H3. The third-order valence-corrected chi connectivity index (χ3v) is 2.38. The second kappa shape index (κ2) is 8.20. The number of terminal acetylenes is 1. The molecule has 1 heterocycles. The molecule has 0 atom stereocenters. The highest BCUT2D eigenvalue weighted by Gasteiger charge is 2.06. The predicted molar refractivity (Wildman–Crippen MR) is 71.0 cm³/mol. The minimum atomic E-state index is -0.176. The van der Waals surface area contributed by atoms with Crippen molar-refractivity contribution in [1.82, 2.24) is 5.32 Å². The van der Waals surface area contributed by atoms with Crippen LogP contribution in [-0.4, -0.2) is 12.5 Å². The Kier molecular flexibility index (Phi) is 7.70. The van der Waals surface area contributed by atoms with Gasteiger partial charge >= 0.3 is 0 Å². The van der Waals surface area contributed by atoms with E-state index in [-0.39, 0.29) is 12.5 Å². The van der Waals surface area contributed by atoms with Crippen molar-refractivity contribution in [2.45, 2.75) is 20.8 Å². The highest BCUT2D eigenvalue weighted by molar-refractivity contribution is 7.17. The maximum Gasteiger partial charge on any atom is 0.262 e. The SMILES string of the molecule is C#CCNC(=O)c1ccc(Cl)s1.CC(C)C. The number of nitrogens with one attached hydrogen (secondary N) is 1. The number of rotatable bonds is 2. The molecule has 0 bridgehead atoms. The summed E-state index contributed by atoms with van der Waals surface area (Å²) in [6.07, 6.45) is 4.97. The molecule has 0 aliphatic carbocycles. The van der Waals surface area contributed by atoms with Gasteiger partial charge in [-0.05, 0) is 18.1 Å². The maximum absolute atomic E-state index is 11.2. The van der Waals surface area contributed by atoms with Gasteiger partial charge in [0, 0.05) is 0 Å². The summed E-state index contributed by atoms with van der Waals surface area (Å²) >= 11 is 6.87. The molecule has 1 rings (SSSR count). The van der Waals surface area contributed by atoms with E-state index in [9.17, 15) is 4.79 Å². The minimum Gasteiger partial charge on any atom is -0.340 e. The van der Waals surface area contributed by atoms with E-state index in [1.54, 1.807) is 12.1 Å². The van der Waals surface area contributed by atoms with Gasteiger partial charge in [0.25, 0.3) is 5.91 Å². The molecule has 1 N–H and O–H groups in total. The van der Waals surface area contributed by atoms with Crippen molar-refractivity contribution >= 4 is 28.8 Å². The third-order valence-electron chi connectivity index (χ3n) is 1.15. The van der Waals surface area contributed by atoms with Crippen LogP contribution in [0.15, 0.2) is 12.1 Å². The summed E-state index contributed by atoms with van der Waals surface area (Å²) in [6.45, 7) is 6.74. The average Bonchev–Trinajstić information content (AvgIpc) is 2.60. The van der Waals surface area contributed by atoms with Crippen LogP contribution in [0, 0.1) is 18.3 Å². The fourth-order valence-corrected chi connectivity index (χ4v) is 1.61. The van der Waals surface area contributed by atoms with E-state index in [1.807, 2.05) is 0 Å². The first-order chi connectivity index (χ1) is 7.47. The highest BCUT2D eigenvalue weighted by atomic mass is 35.5. The van der Waals surface area contributed by atoms with Crippen molar-refractivity contribution in [3.63, 3.8) is 0 Å². The lowest BCUT2D eigenvalue weighted by Gasteiger charge is -1.95. The van der Waals surface area contributed by atoms with Gasteiger partial charge < -0.3 is 5.32 Å². The first-order valence-electron chi connectivity index (χ1n) is 4.94. The molecule has 16 heavy (non-hydrogen) atoms. The van der Waals surface area contributed by atoms with Crippen LogP contribution >= 0.6 is 22.9 Å². The summed E-state index contributed by atoms with van der Waals surface area (Å²) in [5, 5.41) is 2.54. The molecule has 1 aromatic heterocycles. The van der Waals surface area contributed by atoms with Gasteiger partial charge in [0.2, 0.25) is 0 Å². The van der Waals surface area contributed by atoms with Crippen LogP contribution in [0.1, 0.15) is 30.4 Å². The van der Waals surface area contributed by atoms with Gasteiger partial charge in [0.1, 0.15) is 0 Å². The second-order valence-electron chi connectivity index (χ2n) is 3.72. The molecule has 0 saturated carbocycles. The first-order valence-corrected chi connectivity index (χ1v) is 6.13. The van der Waals surface area contributed by atoms with Gasteiger partial charge in [-0.15, -0.1) is 17.8 Å². The van der Waals surface area contributed by atoms with Gasteiger partial charge in [0.15, 0.2) is 0 Å². The number of amides is 1. The van der Waals surface area contributed by atoms with Crippen LogP contribution in [-0.2, 0) is 0 Å². The highest BCUT2D eigenvalue weighted by Crippen LogP contribution is 2.20. The maximum atomic E-state index is 11.2.